The highest BCUT2D eigenvalue weighted by atomic mass is 16.1. The maximum atomic E-state index is 11.9. The van der Waals surface area contributed by atoms with Crippen molar-refractivity contribution in [2.75, 3.05) is 0 Å². The molecule has 1 amide bonds. The van der Waals surface area contributed by atoms with E-state index in [2.05, 4.69) is 12.2 Å². The number of nitrogens with one attached hydrogen (secondary N) is 1. The molecule has 1 saturated carbocycles. The van der Waals surface area contributed by atoms with Crippen molar-refractivity contribution in [1.82, 2.24) is 5.32 Å². The summed E-state index contributed by atoms with van der Waals surface area (Å²) in [7, 11) is 0. The van der Waals surface area contributed by atoms with Crippen LogP contribution >= 0.6 is 0 Å². The summed E-state index contributed by atoms with van der Waals surface area (Å²) in [5.74, 6) is 0.814. The predicted octanol–water partition coefficient (Wildman–Crippen LogP) is 3.00. The molecule has 0 aromatic heterocycles. The molecule has 0 radical (unpaired) electrons. The van der Waals surface area contributed by atoms with Crippen molar-refractivity contribution >= 4 is 5.91 Å². The van der Waals surface area contributed by atoms with Gasteiger partial charge in [0.25, 0.3) is 5.91 Å². The van der Waals surface area contributed by atoms with Crippen molar-refractivity contribution in [3.8, 4) is 0 Å². The normalized spacial score (nSPS) is 25.1. The lowest BCUT2D eigenvalue weighted by Crippen LogP contribution is -2.37. The number of rotatable bonds is 2. The molecule has 2 heteroatoms. The fraction of sp³-hybridized carbons (Fsp3) is 0.500. The van der Waals surface area contributed by atoms with Gasteiger partial charge in [-0.3, -0.25) is 4.79 Å². The second kappa shape index (κ2) is 5.15. The van der Waals surface area contributed by atoms with Crippen molar-refractivity contribution in [2.45, 2.75) is 38.6 Å². The molecule has 1 fully saturated rings. The summed E-state index contributed by atoms with van der Waals surface area (Å²) in [5, 5.41) is 3.13. The Labute approximate surface area is 97.1 Å². The summed E-state index contributed by atoms with van der Waals surface area (Å²) in [5.41, 5.74) is 0.765. The van der Waals surface area contributed by atoms with Crippen LogP contribution < -0.4 is 5.32 Å². The Morgan fingerprint density at radius 3 is 2.69 bits per heavy atom. The van der Waals surface area contributed by atoms with Gasteiger partial charge in [-0.25, -0.2) is 0 Å². The number of benzene rings is 1. The molecular weight excluding hydrogens is 198 g/mol. The first kappa shape index (κ1) is 11.2. The Kier molecular flexibility index (Phi) is 3.60. The van der Waals surface area contributed by atoms with Crippen LogP contribution in [-0.2, 0) is 0 Å². The maximum absolute atomic E-state index is 11.9. The molecular formula is C14H19NO. The first-order valence-corrected chi connectivity index (χ1v) is 6.11. The van der Waals surface area contributed by atoms with Gasteiger partial charge in [0, 0.05) is 11.6 Å². The van der Waals surface area contributed by atoms with Crippen molar-refractivity contribution < 1.29 is 4.79 Å². The van der Waals surface area contributed by atoms with E-state index in [1.807, 2.05) is 30.3 Å². The molecule has 0 unspecified atom stereocenters. The van der Waals surface area contributed by atoms with E-state index in [-0.39, 0.29) is 5.91 Å². The molecule has 1 N–H and O–H groups in total. The van der Waals surface area contributed by atoms with Gasteiger partial charge in [0.2, 0.25) is 0 Å². The number of hydrogen-bond donors (Lipinski definition) is 1. The molecule has 2 nitrogen and oxygen atoms in total. The molecule has 0 spiro atoms. The van der Waals surface area contributed by atoms with Crippen molar-refractivity contribution in [3.05, 3.63) is 35.9 Å². The fourth-order valence-electron chi connectivity index (χ4n) is 2.42. The molecule has 1 aromatic rings. The van der Waals surface area contributed by atoms with Gasteiger partial charge >= 0.3 is 0 Å². The topological polar surface area (TPSA) is 29.1 Å². The third-order valence-electron chi connectivity index (χ3n) is 3.31. The quantitative estimate of drug-likeness (QED) is 0.810. The van der Waals surface area contributed by atoms with Crippen molar-refractivity contribution in [3.63, 3.8) is 0 Å². The molecule has 0 heterocycles. The number of carbonyl (C=O) groups excluding carboxylic acids is 1. The van der Waals surface area contributed by atoms with Gasteiger partial charge in [0.1, 0.15) is 0 Å². The summed E-state index contributed by atoms with van der Waals surface area (Å²) in [4.78, 5) is 11.9. The number of amides is 1. The molecule has 1 aliphatic rings. The van der Waals surface area contributed by atoms with Crippen LogP contribution in [0.5, 0.6) is 0 Å². The van der Waals surface area contributed by atoms with E-state index in [9.17, 15) is 4.79 Å². The van der Waals surface area contributed by atoms with Crippen molar-refractivity contribution in [1.29, 1.82) is 0 Å². The third-order valence-corrected chi connectivity index (χ3v) is 3.31. The van der Waals surface area contributed by atoms with Gasteiger partial charge in [-0.1, -0.05) is 38.0 Å². The van der Waals surface area contributed by atoms with Crippen LogP contribution in [0.3, 0.4) is 0 Å². The lowest BCUT2D eigenvalue weighted by Gasteiger charge is -2.27. The van der Waals surface area contributed by atoms with Crippen LogP contribution in [0.4, 0.5) is 0 Å². The van der Waals surface area contributed by atoms with E-state index in [0.29, 0.717) is 6.04 Å². The SMILES string of the molecule is C[C@@H]1CCC[C@@H](NC(=O)c2ccccc2)C1. The number of carbonyl (C=O) groups is 1. The zero-order valence-corrected chi connectivity index (χ0v) is 9.78. The third kappa shape index (κ3) is 2.84. The van der Waals surface area contributed by atoms with Gasteiger partial charge in [0.05, 0.1) is 0 Å². The Morgan fingerprint density at radius 2 is 2.00 bits per heavy atom. The zero-order valence-electron chi connectivity index (χ0n) is 9.78. The van der Waals surface area contributed by atoms with E-state index < -0.39 is 0 Å². The monoisotopic (exact) mass is 217 g/mol. The molecule has 1 aromatic carbocycles. The van der Waals surface area contributed by atoms with Crippen LogP contribution in [0.15, 0.2) is 30.3 Å². The van der Waals surface area contributed by atoms with Crippen LogP contribution in [0, 0.1) is 5.92 Å². The van der Waals surface area contributed by atoms with Gasteiger partial charge < -0.3 is 5.32 Å². The molecule has 2 atom stereocenters. The van der Waals surface area contributed by atoms with E-state index in [1.165, 1.54) is 12.8 Å². The summed E-state index contributed by atoms with van der Waals surface area (Å²) in [6, 6.07) is 9.83. The minimum Gasteiger partial charge on any atom is -0.349 e. The minimum absolute atomic E-state index is 0.0692. The van der Waals surface area contributed by atoms with Crippen LogP contribution in [0.1, 0.15) is 43.0 Å². The molecule has 16 heavy (non-hydrogen) atoms. The van der Waals surface area contributed by atoms with Crippen LogP contribution in [0.25, 0.3) is 0 Å². The molecule has 2 rings (SSSR count). The summed E-state index contributed by atoms with van der Waals surface area (Å²) in [6.45, 7) is 2.26. The van der Waals surface area contributed by atoms with E-state index >= 15 is 0 Å². The Morgan fingerprint density at radius 1 is 1.25 bits per heavy atom. The number of hydrogen-bond acceptors (Lipinski definition) is 1. The van der Waals surface area contributed by atoms with E-state index in [1.54, 1.807) is 0 Å². The van der Waals surface area contributed by atoms with E-state index in [4.69, 9.17) is 0 Å². The molecule has 0 saturated heterocycles. The highest BCUT2D eigenvalue weighted by Crippen LogP contribution is 2.23. The summed E-state index contributed by atoms with van der Waals surface area (Å²) < 4.78 is 0. The summed E-state index contributed by atoms with van der Waals surface area (Å²) >= 11 is 0. The molecule has 86 valence electrons. The average molecular weight is 217 g/mol. The first-order chi connectivity index (χ1) is 7.75. The largest absolute Gasteiger partial charge is 0.349 e. The second-order valence-corrected chi connectivity index (χ2v) is 4.81. The predicted molar refractivity (Wildman–Crippen MR) is 65.3 cm³/mol. The fourth-order valence-corrected chi connectivity index (χ4v) is 2.42. The Balaban J connectivity index is 1.92. The molecule has 0 bridgehead atoms. The molecule has 0 aliphatic heterocycles. The van der Waals surface area contributed by atoms with Gasteiger partial charge in [0.15, 0.2) is 0 Å². The highest BCUT2D eigenvalue weighted by Gasteiger charge is 2.20. The maximum Gasteiger partial charge on any atom is 0.251 e. The lowest BCUT2D eigenvalue weighted by atomic mass is 9.87. The standard InChI is InChI=1S/C14H19NO/c1-11-6-5-9-13(10-11)15-14(16)12-7-3-2-4-8-12/h2-4,7-8,11,13H,5-6,9-10H2,1H3,(H,15,16)/t11-,13-/m1/s1. The lowest BCUT2D eigenvalue weighted by molar-refractivity contribution is 0.0921. The second-order valence-electron chi connectivity index (χ2n) is 4.81. The van der Waals surface area contributed by atoms with Crippen molar-refractivity contribution in [2.24, 2.45) is 5.92 Å². The Bertz CT molecular complexity index is 347. The zero-order chi connectivity index (χ0) is 11.4. The first-order valence-electron chi connectivity index (χ1n) is 6.11. The van der Waals surface area contributed by atoms with Gasteiger partial charge in [-0.2, -0.15) is 0 Å². The van der Waals surface area contributed by atoms with Gasteiger partial charge in [-0.05, 0) is 30.9 Å². The molecule has 1 aliphatic carbocycles. The van der Waals surface area contributed by atoms with E-state index in [0.717, 1.165) is 24.3 Å². The van der Waals surface area contributed by atoms with Crippen LogP contribution in [-0.4, -0.2) is 11.9 Å². The smallest absolute Gasteiger partial charge is 0.251 e. The summed E-state index contributed by atoms with van der Waals surface area (Å²) in [6.07, 6.45) is 4.79. The Hall–Kier alpha value is -1.31. The minimum atomic E-state index is 0.0692. The highest BCUT2D eigenvalue weighted by molar-refractivity contribution is 5.94. The average Bonchev–Trinajstić information content (AvgIpc) is 2.30. The van der Waals surface area contributed by atoms with Gasteiger partial charge in [-0.15, -0.1) is 0 Å². The van der Waals surface area contributed by atoms with Crippen LogP contribution in [0.2, 0.25) is 0 Å².